The van der Waals surface area contributed by atoms with Gasteiger partial charge >= 0.3 is 0 Å². The lowest BCUT2D eigenvalue weighted by atomic mass is 10.1. The second-order valence-corrected chi connectivity index (χ2v) is 9.18. The number of benzene rings is 2. The lowest BCUT2D eigenvalue weighted by Gasteiger charge is -2.16. The Morgan fingerprint density at radius 1 is 0.793 bits per heavy atom. The third-order valence-electron chi connectivity index (χ3n) is 4.67. The Hall–Kier alpha value is -1.52. The van der Waals surface area contributed by atoms with Gasteiger partial charge in [0, 0.05) is 15.4 Å². The summed E-state index contributed by atoms with van der Waals surface area (Å²) in [5.74, 6) is 2.84. The zero-order chi connectivity index (χ0) is 21.4. The first-order valence-electron chi connectivity index (χ1n) is 10.4. The van der Waals surface area contributed by atoms with Crippen LogP contribution < -0.4 is 9.47 Å². The zero-order valence-corrected chi connectivity index (χ0v) is 20.0. The molecule has 0 fully saturated rings. The maximum Gasteiger partial charge on any atom is 0.127 e. The molecule has 0 bridgehead atoms. The number of thiol groups is 2. The molecule has 2 aromatic rings. The molecule has 0 aliphatic heterocycles. The van der Waals surface area contributed by atoms with Crippen molar-refractivity contribution in [2.24, 2.45) is 11.8 Å². The molecule has 0 radical (unpaired) electrons. The van der Waals surface area contributed by atoms with Gasteiger partial charge in [-0.15, -0.1) is 25.3 Å². The largest absolute Gasteiger partial charge is 0.494 e. The molecule has 2 aromatic carbocycles. The molecule has 158 valence electrons. The maximum atomic E-state index is 6.10. The molecule has 0 atom stereocenters. The molecule has 0 spiro atoms. The molecule has 2 nitrogen and oxygen atoms in total. The molecule has 0 aliphatic rings. The van der Waals surface area contributed by atoms with Gasteiger partial charge in [0.15, 0.2) is 0 Å². The Labute approximate surface area is 187 Å². The Bertz CT molecular complexity index is 808. The van der Waals surface area contributed by atoms with Crippen LogP contribution in [-0.2, 0) is 0 Å². The summed E-state index contributed by atoms with van der Waals surface area (Å²) in [7, 11) is 0. The van der Waals surface area contributed by atoms with Gasteiger partial charge in [-0.3, -0.25) is 0 Å². The molecular weight excluding hydrogens is 396 g/mol. The van der Waals surface area contributed by atoms with Gasteiger partial charge in [-0.05, 0) is 55.4 Å². The van der Waals surface area contributed by atoms with Crippen LogP contribution in [0.15, 0.2) is 42.5 Å². The SMILES string of the molecule is Cc1ccc(/C(S)=C(/S)c2cc(OCCC(C)C)ccc2OCCC(C)C)cc1. The molecule has 0 heterocycles. The van der Waals surface area contributed by atoms with Crippen LogP contribution >= 0.6 is 25.3 Å². The third-order valence-corrected chi connectivity index (χ3v) is 5.79. The highest BCUT2D eigenvalue weighted by Crippen LogP contribution is 2.38. The van der Waals surface area contributed by atoms with Gasteiger partial charge in [0.25, 0.3) is 0 Å². The van der Waals surface area contributed by atoms with Crippen molar-refractivity contribution in [2.45, 2.75) is 47.5 Å². The average Bonchev–Trinajstić information content (AvgIpc) is 2.67. The van der Waals surface area contributed by atoms with Crippen LogP contribution in [0.4, 0.5) is 0 Å². The summed E-state index contributed by atoms with van der Waals surface area (Å²) < 4.78 is 12.1. The minimum atomic E-state index is 0.594. The van der Waals surface area contributed by atoms with Crippen molar-refractivity contribution in [1.82, 2.24) is 0 Å². The smallest absolute Gasteiger partial charge is 0.127 e. The summed E-state index contributed by atoms with van der Waals surface area (Å²) >= 11 is 9.59. The quantitative estimate of drug-likeness (QED) is 0.300. The zero-order valence-electron chi connectivity index (χ0n) is 18.2. The van der Waals surface area contributed by atoms with E-state index in [1.54, 1.807) is 0 Å². The molecule has 0 saturated carbocycles. The van der Waals surface area contributed by atoms with Crippen LogP contribution in [-0.4, -0.2) is 13.2 Å². The molecule has 0 N–H and O–H groups in total. The summed E-state index contributed by atoms with van der Waals surface area (Å²) in [5.41, 5.74) is 3.15. The van der Waals surface area contributed by atoms with Gasteiger partial charge in [-0.25, -0.2) is 0 Å². The number of rotatable bonds is 10. The Morgan fingerprint density at radius 2 is 1.38 bits per heavy atom. The molecule has 0 amide bonds. The minimum Gasteiger partial charge on any atom is -0.494 e. The van der Waals surface area contributed by atoms with Gasteiger partial charge in [-0.2, -0.15) is 0 Å². The van der Waals surface area contributed by atoms with E-state index in [1.807, 2.05) is 18.2 Å². The number of hydrogen-bond acceptors (Lipinski definition) is 4. The van der Waals surface area contributed by atoms with Gasteiger partial charge in [0.2, 0.25) is 0 Å². The standard InChI is InChI=1S/C25H34O2S2/c1-17(2)12-14-26-21-10-11-23(27-15-13-18(3)4)22(16-21)25(29)24(28)20-8-6-19(5)7-9-20/h6-11,16-18,28-29H,12-15H2,1-5H3/b25-24-. The maximum absolute atomic E-state index is 6.10. The van der Waals surface area contributed by atoms with Gasteiger partial charge in [0.1, 0.15) is 11.5 Å². The molecule has 29 heavy (non-hydrogen) atoms. The normalized spacial score (nSPS) is 12.3. The first-order chi connectivity index (χ1) is 13.8. The van der Waals surface area contributed by atoms with Crippen LogP contribution in [0.2, 0.25) is 0 Å². The highest BCUT2D eigenvalue weighted by atomic mass is 32.1. The predicted octanol–water partition coefficient (Wildman–Crippen LogP) is 7.53. The highest BCUT2D eigenvalue weighted by Gasteiger charge is 2.13. The molecule has 0 aliphatic carbocycles. The van der Waals surface area contributed by atoms with Crippen molar-refractivity contribution in [3.63, 3.8) is 0 Å². The molecular formula is C25H34O2S2. The van der Waals surface area contributed by atoms with Crippen molar-refractivity contribution in [2.75, 3.05) is 13.2 Å². The summed E-state index contributed by atoms with van der Waals surface area (Å²) in [6.07, 6.45) is 2.02. The van der Waals surface area contributed by atoms with E-state index < -0.39 is 0 Å². The van der Waals surface area contributed by atoms with E-state index >= 15 is 0 Å². The molecule has 0 aromatic heterocycles. The number of ether oxygens (including phenoxy) is 2. The van der Waals surface area contributed by atoms with E-state index in [0.717, 1.165) is 45.3 Å². The minimum absolute atomic E-state index is 0.594. The first-order valence-corrected chi connectivity index (χ1v) is 11.3. The second kappa shape index (κ2) is 11.6. The van der Waals surface area contributed by atoms with E-state index in [1.165, 1.54) is 5.56 Å². The summed E-state index contributed by atoms with van der Waals surface area (Å²) in [5, 5.41) is 0. The fourth-order valence-corrected chi connectivity index (χ4v) is 3.28. The third kappa shape index (κ3) is 7.67. The van der Waals surface area contributed by atoms with Crippen LogP contribution in [0.5, 0.6) is 11.5 Å². The molecule has 2 rings (SSSR count). The number of hydrogen-bond donors (Lipinski definition) is 2. The van der Waals surface area contributed by atoms with E-state index in [0.29, 0.717) is 25.0 Å². The first kappa shape index (κ1) is 23.8. The van der Waals surface area contributed by atoms with Crippen molar-refractivity contribution in [3.8, 4) is 11.5 Å². The Balaban J connectivity index is 2.34. The summed E-state index contributed by atoms with van der Waals surface area (Å²) in [4.78, 5) is 1.60. The van der Waals surface area contributed by atoms with E-state index in [2.05, 4.69) is 58.9 Å². The molecule has 0 unspecified atom stereocenters. The molecule has 4 heteroatoms. The molecule has 0 saturated heterocycles. The van der Waals surface area contributed by atoms with E-state index in [-0.39, 0.29) is 0 Å². The fraction of sp³-hybridized carbons (Fsp3) is 0.440. The second-order valence-electron chi connectivity index (χ2n) is 8.28. The Morgan fingerprint density at radius 3 is 1.97 bits per heavy atom. The lowest BCUT2D eigenvalue weighted by Crippen LogP contribution is -2.04. The lowest BCUT2D eigenvalue weighted by molar-refractivity contribution is 0.281. The van der Waals surface area contributed by atoms with E-state index in [4.69, 9.17) is 34.7 Å². The summed E-state index contributed by atoms with van der Waals surface area (Å²) in [6, 6.07) is 14.3. The fourth-order valence-electron chi connectivity index (χ4n) is 2.70. The average molecular weight is 431 g/mol. The number of aryl methyl sites for hydroxylation is 1. The van der Waals surface area contributed by atoms with Crippen molar-refractivity contribution >= 4 is 35.1 Å². The highest BCUT2D eigenvalue weighted by molar-refractivity contribution is 7.96. The predicted molar refractivity (Wildman–Crippen MR) is 132 cm³/mol. The van der Waals surface area contributed by atoms with Crippen LogP contribution in [0.3, 0.4) is 0 Å². The van der Waals surface area contributed by atoms with Crippen molar-refractivity contribution in [3.05, 3.63) is 59.2 Å². The van der Waals surface area contributed by atoms with Gasteiger partial charge in [-0.1, -0.05) is 57.5 Å². The monoisotopic (exact) mass is 430 g/mol. The Kier molecular flexibility index (Phi) is 9.51. The van der Waals surface area contributed by atoms with Crippen LogP contribution in [0, 0.1) is 18.8 Å². The van der Waals surface area contributed by atoms with Crippen molar-refractivity contribution in [1.29, 1.82) is 0 Å². The van der Waals surface area contributed by atoms with Crippen molar-refractivity contribution < 1.29 is 9.47 Å². The van der Waals surface area contributed by atoms with Crippen LogP contribution in [0.1, 0.15) is 57.2 Å². The van der Waals surface area contributed by atoms with Crippen LogP contribution in [0.25, 0.3) is 9.81 Å². The van der Waals surface area contributed by atoms with Gasteiger partial charge in [0.05, 0.1) is 13.2 Å². The van der Waals surface area contributed by atoms with Gasteiger partial charge < -0.3 is 9.47 Å². The van der Waals surface area contributed by atoms with E-state index in [9.17, 15) is 0 Å². The topological polar surface area (TPSA) is 18.5 Å². The summed E-state index contributed by atoms with van der Waals surface area (Å²) in [6.45, 7) is 12.2.